The van der Waals surface area contributed by atoms with Gasteiger partial charge in [-0.05, 0) is 37.6 Å². The van der Waals surface area contributed by atoms with Gasteiger partial charge in [0.1, 0.15) is 0 Å². The first-order valence-electron chi connectivity index (χ1n) is 6.02. The number of nitrogens with zero attached hydrogens (tertiary/aromatic N) is 1. The average molecular weight is 271 g/mol. The Morgan fingerprint density at radius 2 is 2.06 bits per heavy atom. The number of carbonyl (C=O) groups excluding carboxylic acids is 1. The van der Waals surface area contributed by atoms with Crippen LogP contribution >= 0.6 is 11.6 Å². The number of nitrogens with one attached hydrogen (secondary N) is 1. The normalized spacial score (nSPS) is 12.0. The molecule has 2 amide bonds. The maximum absolute atomic E-state index is 12.0. The van der Waals surface area contributed by atoms with E-state index in [2.05, 4.69) is 5.32 Å². The predicted octanol–water partition coefficient (Wildman–Crippen LogP) is 2.96. The lowest BCUT2D eigenvalue weighted by Crippen LogP contribution is -2.39. The molecule has 1 aromatic rings. The van der Waals surface area contributed by atoms with E-state index in [1.807, 2.05) is 6.92 Å². The summed E-state index contributed by atoms with van der Waals surface area (Å²) in [6.07, 6.45) is 0.313. The summed E-state index contributed by atoms with van der Waals surface area (Å²) in [6.45, 7) is 4.60. The summed E-state index contributed by atoms with van der Waals surface area (Å²) in [5.74, 6) is 0. The molecule has 5 heteroatoms. The summed E-state index contributed by atoms with van der Waals surface area (Å²) < 4.78 is 0. The van der Waals surface area contributed by atoms with Crippen molar-refractivity contribution >= 4 is 23.3 Å². The van der Waals surface area contributed by atoms with E-state index in [0.717, 1.165) is 6.42 Å². The predicted molar refractivity (Wildman–Crippen MR) is 74.0 cm³/mol. The molecular weight excluding hydrogens is 252 g/mol. The number of rotatable bonds is 5. The Balaban J connectivity index is 2.63. The van der Waals surface area contributed by atoms with Crippen LogP contribution in [-0.4, -0.2) is 35.2 Å². The molecule has 0 saturated carbocycles. The summed E-state index contributed by atoms with van der Waals surface area (Å²) in [6, 6.07) is 6.71. The maximum atomic E-state index is 12.0. The lowest BCUT2D eigenvalue weighted by atomic mass is 10.3. The standard InChI is InChI=1S/C13H19ClN2O2/c1-3-8-16(9-10(2)17)13(18)15-12-6-4-11(14)5-7-12/h4-7,10,17H,3,8-9H2,1-2H3,(H,15,18)/t10-/m1/s1. The summed E-state index contributed by atoms with van der Waals surface area (Å²) >= 11 is 5.77. The fourth-order valence-corrected chi connectivity index (χ4v) is 1.73. The smallest absolute Gasteiger partial charge is 0.321 e. The zero-order valence-electron chi connectivity index (χ0n) is 10.7. The third-order valence-corrected chi connectivity index (χ3v) is 2.61. The van der Waals surface area contributed by atoms with Gasteiger partial charge in [-0.2, -0.15) is 0 Å². The van der Waals surface area contributed by atoms with Gasteiger partial charge in [0.05, 0.1) is 6.10 Å². The van der Waals surface area contributed by atoms with Gasteiger partial charge in [-0.25, -0.2) is 4.79 Å². The molecule has 0 spiro atoms. The molecule has 1 atom stereocenters. The van der Waals surface area contributed by atoms with Crippen molar-refractivity contribution in [1.29, 1.82) is 0 Å². The molecule has 0 aromatic heterocycles. The number of urea groups is 1. The molecule has 0 fully saturated rings. The van der Waals surface area contributed by atoms with E-state index in [0.29, 0.717) is 23.8 Å². The number of anilines is 1. The Labute approximate surface area is 113 Å². The molecule has 100 valence electrons. The molecule has 0 bridgehead atoms. The number of benzene rings is 1. The highest BCUT2D eigenvalue weighted by molar-refractivity contribution is 6.30. The summed E-state index contributed by atoms with van der Waals surface area (Å²) in [7, 11) is 0. The Hall–Kier alpha value is -1.26. The fourth-order valence-electron chi connectivity index (χ4n) is 1.60. The number of hydrogen-bond acceptors (Lipinski definition) is 2. The monoisotopic (exact) mass is 270 g/mol. The minimum absolute atomic E-state index is 0.208. The topological polar surface area (TPSA) is 52.6 Å². The molecule has 4 nitrogen and oxygen atoms in total. The van der Waals surface area contributed by atoms with E-state index in [1.165, 1.54) is 0 Å². The number of aliphatic hydroxyl groups excluding tert-OH is 1. The Morgan fingerprint density at radius 1 is 1.44 bits per heavy atom. The number of amides is 2. The number of aliphatic hydroxyl groups is 1. The first-order valence-corrected chi connectivity index (χ1v) is 6.40. The molecule has 1 rings (SSSR count). The van der Waals surface area contributed by atoms with Gasteiger partial charge in [0.15, 0.2) is 0 Å². The fraction of sp³-hybridized carbons (Fsp3) is 0.462. The van der Waals surface area contributed by atoms with Crippen LogP contribution in [0.4, 0.5) is 10.5 Å². The highest BCUT2D eigenvalue weighted by atomic mass is 35.5. The van der Waals surface area contributed by atoms with Gasteiger partial charge >= 0.3 is 6.03 Å². The third-order valence-electron chi connectivity index (χ3n) is 2.36. The van der Waals surface area contributed by atoms with Crippen molar-refractivity contribution in [2.45, 2.75) is 26.4 Å². The summed E-state index contributed by atoms with van der Waals surface area (Å²) in [4.78, 5) is 13.6. The van der Waals surface area contributed by atoms with Crippen molar-refractivity contribution in [3.8, 4) is 0 Å². The van der Waals surface area contributed by atoms with Gasteiger partial charge in [0.2, 0.25) is 0 Å². The maximum Gasteiger partial charge on any atom is 0.321 e. The van der Waals surface area contributed by atoms with Gasteiger partial charge in [-0.1, -0.05) is 18.5 Å². The second-order valence-electron chi connectivity index (χ2n) is 4.23. The van der Waals surface area contributed by atoms with E-state index in [1.54, 1.807) is 36.1 Å². The van der Waals surface area contributed by atoms with Crippen molar-refractivity contribution in [3.05, 3.63) is 29.3 Å². The zero-order chi connectivity index (χ0) is 13.5. The minimum atomic E-state index is -0.535. The molecular formula is C13H19ClN2O2. The van der Waals surface area contributed by atoms with Gasteiger partial charge in [-0.15, -0.1) is 0 Å². The van der Waals surface area contributed by atoms with E-state index in [4.69, 9.17) is 11.6 Å². The van der Waals surface area contributed by atoms with E-state index in [-0.39, 0.29) is 6.03 Å². The van der Waals surface area contributed by atoms with Gasteiger partial charge in [0, 0.05) is 23.8 Å². The van der Waals surface area contributed by atoms with Gasteiger partial charge in [0.25, 0.3) is 0 Å². The van der Waals surface area contributed by atoms with Crippen molar-refractivity contribution < 1.29 is 9.90 Å². The second kappa shape index (κ2) is 7.24. The van der Waals surface area contributed by atoms with Crippen molar-refractivity contribution in [2.75, 3.05) is 18.4 Å². The highest BCUT2D eigenvalue weighted by Crippen LogP contribution is 2.14. The van der Waals surface area contributed by atoms with Crippen molar-refractivity contribution in [1.82, 2.24) is 4.90 Å². The van der Waals surface area contributed by atoms with E-state index in [9.17, 15) is 9.90 Å². The largest absolute Gasteiger partial charge is 0.392 e. The van der Waals surface area contributed by atoms with Crippen LogP contribution in [-0.2, 0) is 0 Å². The molecule has 0 aliphatic rings. The first kappa shape index (κ1) is 14.8. The lowest BCUT2D eigenvalue weighted by Gasteiger charge is -2.23. The van der Waals surface area contributed by atoms with Crippen LogP contribution in [0.3, 0.4) is 0 Å². The Kier molecular flexibility index (Phi) is 5.95. The molecule has 0 saturated heterocycles. The van der Waals surface area contributed by atoms with Gasteiger partial charge in [-0.3, -0.25) is 0 Å². The van der Waals surface area contributed by atoms with E-state index < -0.39 is 6.10 Å². The molecule has 1 aromatic carbocycles. The SMILES string of the molecule is CCCN(C[C@@H](C)O)C(=O)Nc1ccc(Cl)cc1. The summed E-state index contributed by atoms with van der Waals surface area (Å²) in [5.41, 5.74) is 0.691. The summed E-state index contributed by atoms with van der Waals surface area (Å²) in [5, 5.41) is 12.8. The van der Waals surface area contributed by atoms with Gasteiger partial charge < -0.3 is 15.3 Å². The van der Waals surface area contributed by atoms with Crippen LogP contribution in [0.1, 0.15) is 20.3 Å². The minimum Gasteiger partial charge on any atom is -0.392 e. The van der Waals surface area contributed by atoms with Crippen molar-refractivity contribution in [2.24, 2.45) is 0 Å². The third kappa shape index (κ3) is 4.94. The first-order chi connectivity index (χ1) is 8.52. The van der Waals surface area contributed by atoms with Crippen LogP contribution in [0.15, 0.2) is 24.3 Å². The lowest BCUT2D eigenvalue weighted by molar-refractivity contribution is 0.138. The molecule has 0 radical (unpaired) electrons. The van der Waals surface area contributed by atoms with Crippen LogP contribution in [0, 0.1) is 0 Å². The number of halogens is 1. The average Bonchev–Trinajstić information content (AvgIpc) is 2.31. The Morgan fingerprint density at radius 3 is 2.56 bits per heavy atom. The second-order valence-corrected chi connectivity index (χ2v) is 4.67. The van der Waals surface area contributed by atoms with Crippen LogP contribution in [0.2, 0.25) is 5.02 Å². The molecule has 0 heterocycles. The molecule has 2 N–H and O–H groups in total. The molecule has 0 unspecified atom stereocenters. The Bertz CT molecular complexity index is 379. The van der Waals surface area contributed by atoms with Crippen LogP contribution in [0.5, 0.6) is 0 Å². The number of carbonyl (C=O) groups is 1. The zero-order valence-corrected chi connectivity index (χ0v) is 11.4. The van der Waals surface area contributed by atoms with Crippen LogP contribution in [0.25, 0.3) is 0 Å². The van der Waals surface area contributed by atoms with E-state index >= 15 is 0 Å². The molecule has 18 heavy (non-hydrogen) atoms. The highest BCUT2D eigenvalue weighted by Gasteiger charge is 2.14. The quantitative estimate of drug-likeness (QED) is 0.864. The molecule has 0 aliphatic heterocycles. The molecule has 0 aliphatic carbocycles. The van der Waals surface area contributed by atoms with Crippen LogP contribution < -0.4 is 5.32 Å². The number of hydrogen-bond donors (Lipinski definition) is 2. The van der Waals surface area contributed by atoms with Crippen molar-refractivity contribution in [3.63, 3.8) is 0 Å².